The Labute approximate surface area is 148 Å². The van der Waals surface area contributed by atoms with Crippen LogP contribution < -0.4 is 10.1 Å². The van der Waals surface area contributed by atoms with Crippen LogP contribution in [-0.4, -0.2) is 16.1 Å². The van der Waals surface area contributed by atoms with Gasteiger partial charge in [-0.3, -0.25) is 4.79 Å². The molecule has 1 heterocycles. The summed E-state index contributed by atoms with van der Waals surface area (Å²) in [7, 11) is 0. The molecule has 2 aromatic carbocycles. The van der Waals surface area contributed by atoms with Gasteiger partial charge >= 0.3 is 0 Å². The summed E-state index contributed by atoms with van der Waals surface area (Å²) < 4.78 is 5.51. The second-order valence-electron chi connectivity index (χ2n) is 4.94. The maximum Gasteiger partial charge on any atom is 0.276 e. The number of amides is 1. The zero-order valence-corrected chi connectivity index (χ0v) is 13.6. The molecular weight excluding hydrogens is 340 g/mol. The van der Waals surface area contributed by atoms with Crippen molar-refractivity contribution in [2.75, 3.05) is 5.32 Å². The van der Waals surface area contributed by atoms with Gasteiger partial charge in [0.15, 0.2) is 5.69 Å². The number of aromatic nitrogens is 2. The third-order valence-electron chi connectivity index (χ3n) is 3.18. The van der Waals surface area contributed by atoms with Crippen molar-refractivity contribution in [2.24, 2.45) is 0 Å². The normalized spacial score (nSPS) is 9.92. The van der Waals surface area contributed by atoms with E-state index in [1.807, 2.05) is 24.3 Å². The van der Waals surface area contributed by atoms with Crippen LogP contribution in [0.5, 0.6) is 11.6 Å². The van der Waals surface area contributed by atoms with Crippen LogP contribution in [0.25, 0.3) is 0 Å². The van der Waals surface area contributed by atoms with Crippen molar-refractivity contribution in [3.05, 3.63) is 76.9 Å². The lowest BCUT2D eigenvalue weighted by atomic mass is 10.2. The fourth-order valence-corrected chi connectivity index (χ4v) is 2.20. The van der Waals surface area contributed by atoms with Gasteiger partial charge < -0.3 is 10.1 Å². The standard InChI is InChI=1S/C18H11ClN4O2/c19-14-10-12(11-20)6-8-16(14)25-17-9-7-15(22-23-17)18(24)21-13-4-2-1-3-5-13/h1-10H,(H,21,24). The lowest BCUT2D eigenvalue weighted by Gasteiger charge is -2.07. The first kappa shape index (κ1) is 16.4. The Morgan fingerprint density at radius 3 is 2.52 bits per heavy atom. The second kappa shape index (κ2) is 7.43. The van der Waals surface area contributed by atoms with E-state index in [1.165, 1.54) is 18.2 Å². The van der Waals surface area contributed by atoms with Gasteiger partial charge in [-0.1, -0.05) is 29.8 Å². The molecule has 1 aromatic heterocycles. The first-order valence-electron chi connectivity index (χ1n) is 7.23. The van der Waals surface area contributed by atoms with Crippen LogP contribution in [0.15, 0.2) is 60.7 Å². The van der Waals surface area contributed by atoms with E-state index in [4.69, 9.17) is 21.6 Å². The van der Waals surface area contributed by atoms with Gasteiger partial charge in [0.1, 0.15) is 5.75 Å². The van der Waals surface area contributed by atoms with Crippen LogP contribution in [0.2, 0.25) is 5.02 Å². The summed E-state index contributed by atoms with van der Waals surface area (Å²) in [6.07, 6.45) is 0. The van der Waals surface area contributed by atoms with E-state index in [2.05, 4.69) is 15.5 Å². The van der Waals surface area contributed by atoms with Crippen LogP contribution in [0, 0.1) is 11.3 Å². The monoisotopic (exact) mass is 350 g/mol. The van der Waals surface area contributed by atoms with E-state index in [1.54, 1.807) is 24.3 Å². The molecular formula is C18H11ClN4O2. The van der Waals surface area contributed by atoms with Gasteiger partial charge in [0.25, 0.3) is 5.91 Å². The van der Waals surface area contributed by atoms with Crippen LogP contribution in [0.1, 0.15) is 16.1 Å². The first-order chi connectivity index (χ1) is 12.2. The summed E-state index contributed by atoms with van der Waals surface area (Å²) in [4.78, 5) is 12.1. The predicted octanol–water partition coefficient (Wildman–Crippen LogP) is 4.05. The molecule has 0 aliphatic carbocycles. The molecule has 7 heteroatoms. The molecule has 0 saturated heterocycles. The third-order valence-corrected chi connectivity index (χ3v) is 3.48. The van der Waals surface area contributed by atoms with Crippen molar-refractivity contribution in [2.45, 2.75) is 0 Å². The zero-order chi connectivity index (χ0) is 17.6. The molecule has 6 nitrogen and oxygen atoms in total. The molecule has 0 radical (unpaired) electrons. The predicted molar refractivity (Wildman–Crippen MR) is 92.7 cm³/mol. The number of benzene rings is 2. The highest BCUT2D eigenvalue weighted by Crippen LogP contribution is 2.28. The summed E-state index contributed by atoms with van der Waals surface area (Å²) in [6.45, 7) is 0. The SMILES string of the molecule is N#Cc1ccc(Oc2ccc(C(=O)Nc3ccccc3)nn2)c(Cl)c1. The van der Waals surface area contributed by atoms with Crippen molar-refractivity contribution in [3.63, 3.8) is 0 Å². The smallest absolute Gasteiger partial charge is 0.276 e. The molecule has 0 fully saturated rings. The number of para-hydroxylation sites is 1. The Balaban J connectivity index is 1.70. The maximum atomic E-state index is 12.1. The number of ether oxygens (including phenoxy) is 1. The average molecular weight is 351 g/mol. The number of nitrogens with one attached hydrogen (secondary N) is 1. The number of carbonyl (C=O) groups excluding carboxylic acids is 1. The van der Waals surface area contributed by atoms with Gasteiger partial charge in [-0.25, -0.2) is 0 Å². The number of halogens is 1. The van der Waals surface area contributed by atoms with E-state index in [9.17, 15) is 4.79 Å². The quantitative estimate of drug-likeness (QED) is 0.767. The molecule has 3 rings (SSSR count). The largest absolute Gasteiger partial charge is 0.436 e. The Kier molecular flexibility index (Phi) is 4.88. The number of hydrogen-bond donors (Lipinski definition) is 1. The Bertz CT molecular complexity index is 938. The van der Waals surface area contributed by atoms with E-state index in [0.717, 1.165) is 0 Å². The average Bonchev–Trinajstić information content (AvgIpc) is 2.64. The van der Waals surface area contributed by atoms with Gasteiger partial charge in [-0.2, -0.15) is 5.26 Å². The zero-order valence-electron chi connectivity index (χ0n) is 12.8. The second-order valence-corrected chi connectivity index (χ2v) is 5.34. The van der Waals surface area contributed by atoms with Gasteiger partial charge in [0, 0.05) is 11.8 Å². The number of carbonyl (C=O) groups is 1. The molecule has 0 unspecified atom stereocenters. The molecule has 122 valence electrons. The first-order valence-corrected chi connectivity index (χ1v) is 7.61. The van der Waals surface area contributed by atoms with Crippen molar-refractivity contribution >= 4 is 23.2 Å². The fourth-order valence-electron chi connectivity index (χ4n) is 1.98. The van der Waals surface area contributed by atoms with Crippen molar-refractivity contribution in [3.8, 4) is 17.7 Å². The number of nitrogens with zero attached hydrogens (tertiary/aromatic N) is 3. The van der Waals surface area contributed by atoms with E-state index < -0.39 is 0 Å². The lowest BCUT2D eigenvalue weighted by molar-refractivity contribution is 0.102. The van der Waals surface area contributed by atoms with Crippen LogP contribution in [0.3, 0.4) is 0 Å². The van der Waals surface area contributed by atoms with E-state index in [-0.39, 0.29) is 22.5 Å². The van der Waals surface area contributed by atoms with Crippen LogP contribution >= 0.6 is 11.6 Å². The molecule has 0 aliphatic heterocycles. The minimum absolute atomic E-state index is 0.155. The minimum atomic E-state index is -0.373. The van der Waals surface area contributed by atoms with Crippen LogP contribution in [0.4, 0.5) is 5.69 Å². The highest BCUT2D eigenvalue weighted by molar-refractivity contribution is 6.32. The van der Waals surface area contributed by atoms with Gasteiger partial charge in [-0.05, 0) is 36.4 Å². The molecule has 3 aromatic rings. The molecule has 0 aliphatic rings. The number of hydrogen-bond acceptors (Lipinski definition) is 5. The summed E-state index contributed by atoms with van der Waals surface area (Å²) in [5.41, 5.74) is 1.25. The molecule has 25 heavy (non-hydrogen) atoms. The van der Waals surface area contributed by atoms with E-state index >= 15 is 0 Å². The molecule has 0 saturated carbocycles. The van der Waals surface area contributed by atoms with Crippen molar-refractivity contribution < 1.29 is 9.53 Å². The Hall–Kier alpha value is -3.43. The van der Waals surface area contributed by atoms with Gasteiger partial charge in [0.05, 0.1) is 16.7 Å². The highest BCUT2D eigenvalue weighted by Gasteiger charge is 2.10. The highest BCUT2D eigenvalue weighted by atomic mass is 35.5. The number of anilines is 1. The molecule has 0 atom stereocenters. The van der Waals surface area contributed by atoms with E-state index in [0.29, 0.717) is 17.0 Å². The molecule has 1 amide bonds. The third kappa shape index (κ3) is 4.10. The Morgan fingerprint density at radius 1 is 1.08 bits per heavy atom. The fraction of sp³-hybridized carbons (Fsp3) is 0. The van der Waals surface area contributed by atoms with Gasteiger partial charge in [-0.15, -0.1) is 10.2 Å². The number of rotatable bonds is 4. The number of nitriles is 1. The maximum absolute atomic E-state index is 12.1. The molecule has 0 spiro atoms. The summed E-state index contributed by atoms with van der Waals surface area (Å²) in [5.74, 6) is 0.154. The molecule has 1 N–H and O–H groups in total. The van der Waals surface area contributed by atoms with Crippen molar-refractivity contribution in [1.29, 1.82) is 5.26 Å². The topological polar surface area (TPSA) is 87.9 Å². The minimum Gasteiger partial charge on any atom is -0.436 e. The molecule has 0 bridgehead atoms. The van der Waals surface area contributed by atoms with Crippen molar-refractivity contribution in [1.82, 2.24) is 10.2 Å². The lowest BCUT2D eigenvalue weighted by Crippen LogP contribution is -2.14. The van der Waals surface area contributed by atoms with Gasteiger partial charge in [0.2, 0.25) is 5.88 Å². The summed E-state index contributed by atoms with van der Waals surface area (Å²) in [5, 5.41) is 19.5. The summed E-state index contributed by atoms with van der Waals surface area (Å²) >= 11 is 6.04. The summed E-state index contributed by atoms with van der Waals surface area (Å²) in [6, 6.07) is 18.7. The Morgan fingerprint density at radius 2 is 1.88 bits per heavy atom. The van der Waals surface area contributed by atoms with Crippen LogP contribution in [-0.2, 0) is 0 Å².